The van der Waals surface area contributed by atoms with Crippen molar-refractivity contribution >= 4 is 30.0 Å². The Morgan fingerprint density at radius 3 is 2.89 bits per heavy atom. The Morgan fingerprint density at radius 2 is 2.32 bits per heavy atom. The van der Waals surface area contributed by atoms with Crippen LogP contribution in [0.4, 0.5) is 5.13 Å². The number of aromatic nitrogens is 1. The second-order valence-corrected chi connectivity index (χ2v) is 6.05. The highest BCUT2D eigenvalue weighted by atomic mass is 32.1. The third kappa shape index (κ3) is 3.42. The third-order valence-electron chi connectivity index (χ3n) is 1.95. The summed E-state index contributed by atoms with van der Waals surface area (Å²) in [5, 5.41) is 0.120. The summed E-state index contributed by atoms with van der Waals surface area (Å²) in [6.45, 7) is 0. The maximum atomic E-state index is 11.7. The average molecular weight is 304 g/mol. The van der Waals surface area contributed by atoms with Crippen LogP contribution in [0.1, 0.15) is 10.5 Å². The molecule has 0 aliphatic carbocycles. The molecule has 102 valence electrons. The minimum Gasteiger partial charge on any atom is -0.463 e. The number of hydrogen-bond donors (Lipinski definition) is 3. The van der Waals surface area contributed by atoms with E-state index in [1.54, 1.807) is 12.1 Å². The molecular weight excluding hydrogens is 295 g/mol. The molecule has 0 saturated heterocycles. The van der Waals surface area contributed by atoms with Crippen LogP contribution >= 0.6 is 18.9 Å². The molecule has 19 heavy (non-hydrogen) atoms. The van der Waals surface area contributed by atoms with Gasteiger partial charge in [0.25, 0.3) is 0 Å². The zero-order valence-electron chi connectivity index (χ0n) is 9.35. The fourth-order valence-corrected chi connectivity index (χ4v) is 2.33. The van der Waals surface area contributed by atoms with Gasteiger partial charge in [0.05, 0.1) is 6.26 Å². The number of nitrogens with two attached hydrogens (primary N) is 1. The minimum atomic E-state index is -4.43. The normalized spacial score (nSPS) is 11.5. The van der Waals surface area contributed by atoms with Crippen LogP contribution in [0.5, 0.6) is 0 Å². The first kappa shape index (κ1) is 13.8. The standard InChI is InChI=1S/C9H9N2O6PS/c10-9-11-6(8(12)17-4-18(13,14)15)7(19-9)5-2-1-3-16-5/h1-3H,4H2,(H2,10,11)(H2,13,14,15). The van der Waals surface area contributed by atoms with E-state index < -0.39 is 19.9 Å². The molecule has 0 atom stereocenters. The van der Waals surface area contributed by atoms with Crippen LogP contribution in [-0.2, 0) is 9.30 Å². The third-order valence-corrected chi connectivity index (χ3v) is 3.31. The first-order chi connectivity index (χ1) is 8.87. The number of carbonyl (C=O) groups excluding carboxylic acids is 1. The Kier molecular flexibility index (Phi) is 3.72. The Morgan fingerprint density at radius 1 is 1.58 bits per heavy atom. The zero-order valence-corrected chi connectivity index (χ0v) is 11.1. The van der Waals surface area contributed by atoms with Crippen molar-refractivity contribution in [2.24, 2.45) is 0 Å². The Bertz CT molecular complexity index is 631. The molecule has 0 aliphatic rings. The fourth-order valence-electron chi connectivity index (χ4n) is 1.26. The largest absolute Gasteiger partial charge is 0.463 e. The first-order valence-corrected chi connectivity index (χ1v) is 7.50. The number of nitrogen functional groups attached to an aromatic ring is 1. The van der Waals surface area contributed by atoms with E-state index in [0.717, 1.165) is 11.3 Å². The smallest absolute Gasteiger partial charge is 0.362 e. The molecule has 0 aliphatic heterocycles. The number of thiazole rings is 1. The summed E-state index contributed by atoms with van der Waals surface area (Å²) in [7, 11) is -4.43. The molecule has 0 fully saturated rings. The SMILES string of the molecule is Nc1nc(C(=O)OCP(=O)(O)O)c(-c2ccco2)s1. The van der Waals surface area contributed by atoms with Crippen LogP contribution in [0, 0.1) is 0 Å². The van der Waals surface area contributed by atoms with Gasteiger partial charge in [-0.1, -0.05) is 11.3 Å². The van der Waals surface area contributed by atoms with Gasteiger partial charge in [-0.3, -0.25) is 4.57 Å². The van der Waals surface area contributed by atoms with E-state index in [2.05, 4.69) is 9.72 Å². The number of esters is 1. The molecule has 8 nitrogen and oxygen atoms in total. The van der Waals surface area contributed by atoms with Gasteiger partial charge in [-0.05, 0) is 12.1 Å². The summed E-state index contributed by atoms with van der Waals surface area (Å²) in [6, 6.07) is 3.22. The molecule has 2 aromatic rings. The molecule has 0 amide bonds. The van der Waals surface area contributed by atoms with Crippen LogP contribution < -0.4 is 5.73 Å². The maximum Gasteiger partial charge on any atom is 0.362 e. The Hall–Kier alpha value is -1.67. The molecule has 4 N–H and O–H groups in total. The summed E-state index contributed by atoms with van der Waals surface area (Å²) >= 11 is 1.01. The molecule has 2 aromatic heterocycles. The van der Waals surface area contributed by atoms with Crippen molar-refractivity contribution in [3.63, 3.8) is 0 Å². The van der Waals surface area contributed by atoms with Crippen LogP contribution in [0.15, 0.2) is 22.8 Å². The number of carbonyl (C=O) groups is 1. The van der Waals surface area contributed by atoms with Gasteiger partial charge in [0.15, 0.2) is 17.2 Å². The van der Waals surface area contributed by atoms with Crippen molar-refractivity contribution in [1.29, 1.82) is 0 Å². The van der Waals surface area contributed by atoms with E-state index in [9.17, 15) is 9.36 Å². The van der Waals surface area contributed by atoms with E-state index >= 15 is 0 Å². The number of ether oxygens (including phenoxy) is 1. The summed E-state index contributed by atoms with van der Waals surface area (Å²) in [5.74, 6) is -0.597. The molecule has 2 rings (SSSR count). The predicted octanol–water partition coefficient (Wildman–Crippen LogP) is 1.28. The van der Waals surface area contributed by atoms with Gasteiger partial charge in [-0.2, -0.15) is 0 Å². The molecule has 0 unspecified atom stereocenters. The monoisotopic (exact) mass is 304 g/mol. The van der Waals surface area contributed by atoms with Crippen molar-refractivity contribution in [1.82, 2.24) is 4.98 Å². The van der Waals surface area contributed by atoms with E-state index in [-0.39, 0.29) is 10.8 Å². The van der Waals surface area contributed by atoms with E-state index in [1.165, 1.54) is 6.26 Å². The van der Waals surface area contributed by atoms with Gasteiger partial charge >= 0.3 is 13.6 Å². The molecule has 10 heteroatoms. The van der Waals surface area contributed by atoms with Crippen molar-refractivity contribution in [2.75, 3.05) is 12.1 Å². The highest BCUT2D eigenvalue weighted by molar-refractivity contribution is 7.51. The van der Waals surface area contributed by atoms with Crippen molar-refractivity contribution < 1.29 is 28.3 Å². The predicted molar refractivity (Wildman–Crippen MR) is 66.6 cm³/mol. The molecule has 0 spiro atoms. The van der Waals surface area contributed by atoms with Gasteiger partial charge < -0.3 is 24.7 Å². The van der Waals surface area contributed by atoms with Crippen LogP contribution in [0.3, 0.4) is 0 Å². The lowest BCUT2D eigenvalue weighted by Crippen LogP contribution is -2.08. The molecule has 0 bridgehead atoms. The van der Waals surface area contributed by atoms with Crippen LogP contribution in [-0.4, -0.2) is 27.1 Å². The van der Waals surface area contributed by atoms with Crippen molar-refractivity contribution in [3.8, 4) is 10.6 Å². The topological polar surface area (TPSA) is 136 Å². The number of rotatable bonds is 4. The summed E-state index contributed by atoms with van der Waals surface area (Å²) in [4.78, 5) is 33.1. The van der Waals surface area contributed by atoms with Crippen LogP contribution in [0.2, 0.25) is 0 Å². The highest BCUT2D eigenvalue weighted by Crippen LogP contribution is 2.36. The Balaban J connectivity index is 2.25. The quantitative estimate of drug-likeness (QED) is 0.567. The summed E-state index contributed by atoms with van der Waals surface area (Å²) in [5.41, 5.74) is 5.38. The van der Waals surface area contributed by atoms with E-state index in [0.29, 0.717) is 10.6 Å². The summed E-state index contributed by atoms with van der Waals surface area (Å²) < 4.78 is 20.3. The second-order valence-electron chi connectivity index (χ2n) is 3.43. The number of furan rings is 1. The first-order valence-electron chi connectivity index (χ1n) is 4.89. The van der Waals surface area contributed by atoms with E-state index in [1.807, 2.05) is 0 Å². The molecule has 2 heterocycles. The van der Waals surface area contributed by atoms with Gasteiger partial charge in [-0.25, -0.2) is 9.78 Å². The summed E-state index contributed by atoms with van der Waals surface area (Å²) in [6.07, 6.45) is 0.400. The molecule has 0 saturated carbocycles. The highest BCUT2D eigenvalue weighted by Gasteiger charge is 2.24. The number of anilines is 1. The average Bonchev–Trinajstić information content (AvgIpc) is 2.92. The van der Waals surface area contributed by atoms with Gasteiger partial charge in [0.2, 0.25) is 0 Å². The van der Waals surface area contributed by atoms with Gasteiger partial charge in [-0.15, -0.1) is 0 Å². The molecule has 0 aromatic carbocycles. The lowest BCUT2D eigenvalue weighted by molar-refractivity contribution is 0.0545. The van der Waals surface area contributed by atoms with Crippen molar-refractivity contribution in [2.45, 2.75) is 0 Å². The molecule has 0 radical (unpaired) electrons. The molecular formula is C9H9N2O6PS. The number of hydrogen-bond acceptors (Lipinski definition) is 7. The van der Waals surface area contributed by atoms with Crippen molar-refractivity contribution in [3.05, 3.63) is 24.1 Å². The Labute approximate surface area is 111 Å². The maximum absolute atomic E-state index is 11.7. The lowest BCUT2D eigenvalue weighted by Gasteiger charge is -2.04. The lowest BCUT2D eigenvalue weighted by atomic mass is 10.3. The van der Waals surface area contributed by atoms with Gasteiger partial charge in [0.1, 0.15) is 10.6 Å². The zero-order chi connectivity index (χ0) is 14.0. The minimum absolute atomic E-state index is 0.120. The second kappa shape index (κ2) is 5.14. The van der Waals surface area contributed by atoms with Crippen LogP contribution in [0.25, 0.3) is 10.6 Å². The fraction of sp³-hybridized carbons (Fsp3) is 0.111. The van der Waals surface area contributed by atoms with Gasteiger partial charge in [0, 0.05) is 0 Å². The van der Waals surface area contributed by atoms with E-state index in [4.69, 9.17) is 19.9 Å². The number of nitrogens with zero attached hydrogens (tertiary/aromatic N) is 1.